The topological polar surface area (TPSA) is 154 Å². The van der Waals surface area contributed by atoms with Gasteiger partial charge in [-0.3, -0.25) is 4.79 Å². The van der Waals surface area contributed by atoms with Gasteiger partial charge in [-0.1, -0.05) is 40.0 Å². The molecule has 1 amide bonds. The number of ether oxygens (including phenoxy) is 2. The second-order valence-corrected chi connectivity index (χ2v) is 11.6. The lowest BCUT2D eigenvalue weighted by Crippen LogP contribution is -2.62. The third-order valence-electron chi connectivity index (χ3n) is 7.78. The molecule has 228 valence electrons. The van der Waals surface area contributed by atoms with E-state index < -0.39 is 60.9 Å². The van der Waals surface area contributed by atoms with Crippen molar-refractivity contribution in [1.29, 1.82) is 5.26 Å². The third kappa shape index (κ3) is 6.09. The maximum Gasteiger partial charge on any atom is 0.259 e. The molecule has 0 spiro atoms. The summed E-state index contributed by atoms with van der Waals surface area (Å²) >= 11 is 18.2. The first-order valence-electron chi connectivity index (χ1n) is 13.3. The minimum absolute atomic E-state index is 0.0344. The highest BCUT2D eigenvalue weighted by Crippen LogP contribution is 2.38. The Balaban J connectivity index is 1.55. The normalized spacial score (nSPS) is 27.2. The van der Waals surface area contributed by atoms with E-state index in [9.17, 15) is 29.8 Å². The number of benzene rings is 2. The minimum Gasteiger partial charge on any atom is -0.394 e. The van der Waals surface area contributed by atoms with Crippen molar-refractivity contribution in [2.24, 2.45) is 0 Å². The van der Waals surface area contributed by atoms with Gasteiger partial charge in [-0.25, -0.2) is 9.07 Å². The van der Waals surface area contributed by atoms with Crippen LogP contribution in [0.4, 0.5) is 10.1 Å². The standard InChI is InChI=1S/C28H27Cl3FN5O6/c1-42-26-24(36-11-19(34-35-36)14-7-17(30)23(31)18(32)8-14)25(40)22(12-38)43-27(26)28(41)37(20-3-2-4-21(20)39)16-6-13(10-33)5-15(29)9-16/h5-9,11,20-22,24-27,38-40H,2-4,12H2,1H3/t20-,21-,22+,24-,25-,26+,27+/m0/s1. The van der Waals surface area contributed by atoms with Crippen LogP contribution in [0.25, 0.3) is 11.3 Å². The van der Waals surface area contributed by atoms with Crippen LogP contribution < -0.4 is 4.90 Å². The van der Waals surface area contributed by atoms with Crippen LogP contribution in [0, 0.1) is 17.1 Å². The average Bonchev–Trinajstić information content (AvgIpc) is 3.64. The van der Waals surface area contributed by atoms with E-state index in [2.05, 4.69) is 10.3 Å². The molecule has 1 aliphatic heterocycles. The number of carbonyl (C=O) groups is 1. The predicted octanol–water partition coefficient (Wildman–Crippen LogP) is 3.54. The number of rotatable bonds is 7. The molecule has 0 unspecified atom stereocenters. The van der Waals surface area contributed by atoms with Crippen molar-refractivity contribution in [2.75, 3.05) is 18.6 Å². The van der Waals surface area contributed by atoms with E-state index in [1.165, 1.54) is 47.2 Å². The zero-order valence-corrected chi connectivity index (χ0v) is 24.9. The van der Waals surface area contributed by atoms with Crippen molar-refractivity contribution in [3.8, 4) is 17.3 Å². The van der Waals surface area contributed by atoms with Crippen molar-refractivity contribution >= 4 is 46.4 Å². The van der Waals surface area contributed by atoms with E-state index in [-0.39, 0.29) is 37.6 Å². The van der Waals surface area contributed by atoms with E-state index in [1.807, 2.05) is 6.07 Å². The van der Waals surface area contributed by atoms with E-state index in [4.69, 9.17) is 44.3 Å². The lowest BCUT2D eigenvalue weighted by Gasteiger charge is -2.45. The van der Waals surface area contributed by atoms with Gasteiger partial charge in [-0.05, 0) is 49.6 Å². The van der Waals surface area contributed by atoms with E-state index in [0.29, 0.717) is 19.3 Å². The number of anilines is 1. The number of nitriles is 1. The molecule has 1 aromatic heterocycles. The Hall–Kier alpha value is -2.86. The SMILES string of the molecule is CO[C@@H]1[C@@H](n2cc(-c3cc(F)c(Cl)c(Cl)c3)nn2)[C@@H](O)[C@@H](CO)O[C@H]1C(=O)N(c1cc(Cl)cc(C#N)c1)[C@H]1CCC[C@@H]1O. The van der Waals surface area contributed by atoms with Gasteiger partial charge in [0.25, 0.3) is 5.91 Å². The second kappa shape index (κ2) is 13.0. The molecule has 5 rings (SSSR count). The summed E-state index contributed by atoms with van der Waals surface area (Å²) in [6.45, 7) is -0.654. The number of aliphatic hydroxyl groups is 3. The number of methoxy groups -OCH3 is 1. The lowest BCUT2D eigenvalue weighted by molar-refractivity contribution is -0.211. The van der Waals surface area contributed by atoms with Crippen LogP contribution in [-0.2, 0) is 14.3 Å². The highest BCUT2D eigenvalue weighted by Gasteiger charge is 2.52. The first-order valence-corrected chi connectivity index (χ1v) is 14.5. The zero-order valence-electron chi connectivity index (χ0n) is 22.6. The molecule has 3 aromatic rings. The summed E-state index contributed by atoms with van der Waals surface area (Å²) in [7, 11) is 1.32. The lowest BCUT2D eigenvalue weighted by atomic mass is 9.91. The largest absolute Gasteiger partial charge is 0.394 e. The van der Waals surface area contributed by atoms with Gasteiger partial charge in [0.1, 0.15) is 35.9 Å². The molecule has 43 heavy (non-hydrogen) atoms. The van der Waals surface area contributed by atoms with Gasteiger partial charge in [0.15, 0.2) is 6.10 Å². The van der Waals surface area contributed by atoms with Crippen molar-refractivity contribution in [1.82, 2.24) is 15.0 Å². The summed E-state index contributed by atoms with van der Waals surface area (Å²) < 4.78 is 27.2. The van der Waals surface area contributed by atoms with Crippen LogP contribution in [0.15, 0.2) is 36.5 Å². The van der Waals surface area contributed by atoms with Gasteiger partial charge >= 0.3 is 0 Å². The predicted molar refractivity (Wildman–Crippen MR) is 154 cm³/mol. The van der Waals surface area contributed by atoms with Gasteiger partial charge in [0, 0.05) is 23.4 Å². The summed E-state index contributed by atoms with van der Waals surface area (Å²) in [5.41, 5.74) is 0.922. The molecule has 2 aromatic carbocycles. The maximum absolute atomic E-state index is 14.4. The van der Waals surface area contributed by atoms with Gasteiger partial charge in [0.2, 0.25) is 0 Å². The summed E-state index contributed by atoms with van der Waals surface area (Å²) in [6.07, 6.45) is -3.13. The molecule has 7 atom stereocenters. The molecule has 3 N–H and O–H groups in total. The fourth-order valence-corrected chi connectivity index (χ4v) is 6.28. The van der Waals surface area contributed by atoms with Gasteiger partial charge in [-0.2, -0.15) is 5.26 Å². The molecule has 1 saturated heterocycles. The van der Waals surface area contributed by atoms with E-state index in [0.717, 1.165) is 6.07 Å². The fraction of sp³-hybridized carbons (Fsp3) is 0.429. The smallest absolute Gasteiger partial charge is 0.259 e. The summed E-state index contributed by atoms with van der Waals surface area (Å²) in [4.78, 5) is 15.7. The quantitative estimate of drug-likeness (QED) is 0.325. The highest BCUT2D eigenvalue weighted by molar-refractivity contribution is 6.42. The number of nitrogens with zero attached hydrogens (tertiary/aromatic N) is 5. The molecule has 1 saturated carbocycles. The zero-order chi connectivity index (χ0) is 31.0. The second-order valence-electron chi connectivity index (χ2n) is 10.4. The summed E-state index contributed by atoms with van der Waals surface area (Å²) in [6, 6.07) is 7.21. The molecule has 0 bridgehead atoms. The molecule has 2 aliphatic rings. The molecule has 11 nitrogen and oxygen atoms in total. The van der Waals surface area contributed by atoms with E-state index in [1.54, 1.807) is 0 Å². The van der Waals surface area contributed by atoms with Crippen molar-refractivity contribution in [3.63, 3.8) is 0 Å². The maximum atomic E-state index is 14.4. The van der Waals surface area contributed by atoms with Crippen molar-refractivity contribution in [3.05, 3.63) is 63.0 Å². The number of amides is 1. The van der Waals surface area contributed by atoms with Crippen LogP contribution in [0.2, 0.25) is 15.1 Å². The third-order valence-corrected chi connectivity index (χ3v) is 8.78. The molecule has 15 heteroatoms. The molecule has 2 fully saturated rings. The monoisotopic (exact) mass is 653 g/mol. The summed E-state index contributed by atoms with van der Waals surface area (Å²) in [5, 5.41) is 49.8. The van der Waals surface area contributed by atoms with Gasteiger partial charge < -0.3 is 29.7 Å². The van der Waals surface area contributed by atoms with Crippen LogP contribution in [0.1, 0.15) is 30.9 Å². The highest BCUT2D eigenvalue weighted by atomic mass is 35.5. The summed E-state index contributed by atoms with van der Waals surface area (Å²) in [5.74, 6) is -1.41. The van der Waals surface area contributed by atoms with Crippen LogP contribution in [0.3, 0.4) is 0 Å². The van der Waals surface area contributed by atoms with Crippen molar-refractivity contribution < 1.29 is 34.0 Å². The number of aromatic nitrogens is 3. The first-order chi connectivity index (χ1) is 20.6. The number of aliphatic hydroxyl groups excluding tert-OH is 3. The minimum atomic E-state index is -1.42. The van der Waals surface area contributed by atoms with Gasteiger partial charge in [0.05, 0.1) is 46.6 Å². The van der Waals surface area contributed by atoms with Crippen LogP contribution in [-0.4, -0.2) is 86.5 Å². The fourth-order valence-electron chi connectivity index (χ4n) is 5.74. The molecular formula is C28H27Cl3FN5O6. The Bertz CT molecular complexity index is 1530. The van der Waals surface area contributed by atoms with Gasteiger partial charge in [-0.15, -0.1) is 5.10 Å². The van der Waals surface area contributed by atoms with E-state index >= 15 is 0 Å². The van der Waals surface area contributed by atoms with Crippen molar-refractivity contribution in [2.45, 2.75) is 61.9 Å². The Morgan fingerprint density at radius 1 is 1.23 bits per heavy atom. The Kier molecular flexibility index (Phi) is 9.55. The average molecular weight is 655 g/mol. The Labute approximate surface area is 260 Å². The molecule has 1 aliphatic carbocycles. The number of hydrogen-bond donors (Lipinski definition) is 3. The Morgan fingerprint density at radius 2 is 2.00 bits per heavy atom. The molecular weight excluding hydrogens is 628 g/mol. The number of carbonyl (C=O) groups excluding carboxylic acids is 1. The number of hydrogen-bond acceptors (Lipinski definition) is 9. The molecule has 0 radical (unpaired) electrons. The van der Waals surface area contributed by atoms with Crippen LogP contribution >= 0.6 is 34.8 Å². The van der Waals surface area contributed by atoms with Crippen LogP contribution in [0.5, 0.6) is 0 Å². The number of halogens is 4. The Morgan fingerprint density at radius 3 is 2.63 bits per heavy atom. The molecule has 2 heterocycles. The first kappa shape index (κ1) is 31.6.